The average molecular weight is 249 g/mol. The van der Waals surface area contributed by atoms with E-state index in [0.717, 1.165) is 25.2 Å². The van der Waals surface area contributed by atoms with Crippen LogP contribution in [-0.4, -0.2) is 31.1 Å². The Morgan fingerprint density at radius 2 is 2.11 bits per heavy atom. The Kier molecular flexibility index (Phi) is 6.22. The first-order chi connectivity index (χ1) is 8.67. The maximum atomic E-state index is 11.7. The Balaban J connectivity index is 2.56. The Morgan fingerprint density at radius 1 is 1.33 bits per heavy atom. The van der Waals surface area contributed by atoms with Gasteiger partial charge in [0, 0.05) is 25.8 Å². The highest BCUT2D eigenvalue weighted by atomic mass is 16.2. The highest BCUT2D eigenvalue weighted by Gasteiger charge is 2.06. The molecule has 2 amide bonds. The second kappa shape index (κ2) is 7.71. The molecule has 0 fully saturated rings. The molecule has 0 bridgehead atoms. The molecule has 0 unspecified atom stereocenters. The van der Waals surface area contributed by atoms with Crippen LogP contribution in [-0.2, 0) is 6.54 Å². The number of benzene rings is 1. The number of urea groups is 1. The number of hydrogen-bond acceptors (Lipinski definition) is 2. The van der Waals surface area contributed by atoms with Crippen molar-refractivity contribution in [2.24, 2.45) is 0 Å². The van der Waals surface area contributed by atoms with Gasteiger partial charge in [0.25, 0.3) is 0 Å². The highest BCUT2D eigenvalue weighted by Crippen LogP contribution is 2.11. The lowest BCUT2D eigenvalue weighted by molar-refractivity contribution is 0.224. The third-order valence-corrected chi connectivity index (χ3v) is 2.76. The molecule has 0 atom stereocenters. The zero-order chi connectivity index (χ0) is 13.4. The number of rotatable bonds is 6. The molecule has 1 rings (SSSR count). The first kappa shape index (κ1) is 14.5. The Labute approximate surface area is 109 Å². The van der Waals surface area contributed by atoms with Crippen molar-refractivity contribution < 1.29 is 4.79 Å². The molecule has 0 aliphatic carbocycles. The van der Waals surface area contributed by atoms with Crippen molar-refractivity contribution in [2.75, 3.05) is 25.5 Å². The molecular weight excluding hydrogens is 226 g/mol. The summed E-state index contributed by atoms with van der Waals surface area (Å²) in [6.07, 6.45) is 1.12. The van der Waals surface area contributed by atoms with Gasteiger partial charge in [0.05, 0.1) is 0 Å². The fraction of sp³-hybridized carbons (Fsp3) is 0.500. The Morgan fingerprint density at radius 3 is 2.78 bits per heavy atom. The van der Waals surface area contributed by atoms with Gasteiger partial charge >= 0.3 is 6.03 Å². The van der Waals surface area contributed by atoms with E-state index in [2.05, 4.69) is 23.6 Å². The molecule has 0 aliphatic heterocycles. The molecule has 0 heterocycles. The quantitative estimate of drug-likeness (QED) is 0.761. The second-order valence-corrected chi connectivity index (χ2v) is 4.32. The summed E-state index contributed by atoms with van der Waals surface area (Å²) in [7, 11) is 1.78. The molecule has 100 valence electrons. The lowest BCUT2D eigenvalue weighted by Gasteiger charge is -2.16. The third kappa shape index (κ3) is 4.75. The molecule has 4 nitrogen and oxygen atoms in total. The fourth-order valence-electron chi connectivity index (χ4n) is 1.53. The number of hydrogen-bond donors (Lipinski definition) is 2. The maximum absolute atomic E-state index is 11.7. The van der Waals surface area contributed by atoms with E-state index < -0.39 is 0 Å². The molecule has 0 saturated heterocycles. The average Bonchev–Trinajstić information content (AvgIpc) is 2.38. The van der Waals surface area contributed by atoms with E-state index >= 15 is 0 Å². The fourth-order valence-corrected chi connectivity index (χ4v) is 1.53. The SMILES string of the molecule is CCCNCc1cccc(NC(=O)N(C)CC)c1. The van der Waals surface area contributed by atoms with Crippen LogP contribution >= 0.6 is 0 Å². The maximum Gasteiger partial charge on any atom is 0.321 e. The van der Waals surface area contributed by atoms with Gasteiger partial charge in [-0.1, -0.05) is 19.1 Å². The van der Waals surface area contributed by atoms with Crippen molar-refractivity contribution in [3.05, 3.63) is 29.8 Å². The van der Waals surface area contributed by atoms with Gasteiger partial charge in [-0.25, -0.2) is 4.79 Å². The van der Waals surface area contributed by atoms with Gasteiger partial charge in [0.2, 0.25) is 0 Å². The smallest absolute Gasteiger partial charge is 0.321 e. The van der Waals surface area contributed by atoms with E-state index in [1.807, 2.05) is 25.1 Å². The number of carbonyl (C=O) groups excluding carboxylic acids is 1. The van der Waals surface area contributed by atoms with Crippen LogP contribution in [0.25, 0.3) is 0 Å². The van der Waals surface area contributed by atoms with E-state index in [0.29, 0.717) is 6.54 Å². The molecule has 0 aliphatic rings. The minimum Gasteiger partial charge on any atom is -0.328 e. The van der Waals surface area contributed by atoms with Gasteiger partial charge in [-0.3, -0.25) is 0 Å². The van der Waals surface area contributed by atoms with Crippen molar-refractivity contribution in [3.63, 3.8) is 0 Å². The molecule has 1 aromatic rings. The summed E-state index contributed by atoms with van der Waals surface area (Å²) >= 11 is 0. The Hall–Kier alpha value is -1.55. The van der Waals surface area contributed by atoms with Crippen LogP contribution in [0.4, 0.5) is 10.5 Å². The summed E-state index contributed by atoms with van der Waals surface area (Å²) < 4.78 is 0. The van der Waals surface area contributed by atoms with Crippen LogP contribution in [0.5, 0.6) is 0 Å². The van der Waals surface area contributed by atoms with Gasteiger partial charge in [-0.15, -0.1) is 0 Å². The van der Waals surface area contributed by atoms with Crippen molar-refractivity contribution >= 4 is 11.7 Å². The predicted molar refractivity (Wildman–Crippen MR) is 75.8 cm³/mol. The van der Waals surface area contributed by atoms with Gasteiger partial charge in [-0.05, 0) is 37.6 Å². The van der Waals surface area contributed by atoms with Crippen LogP contribution in [0, 0.1) is 0 Å². The molecule has 18 heavy (non-hydrogen) atoms. The standard InChI is InChI=1S/C14H23N3O/c1-4-9-15-11-12-7-6-8-13(10-12)16-14(18)17(3)5-2/h6-8,10,15H,4-5,9,11H2,1-3H3,(H,16,18). The molecule has 0 saturated carbocycles. The first-order valence-electron chi connectivity index (χ1n) is 6.49. The molecular formula is C14H23N3O. The summed E-state index contributed by atoms with van der Waals surface area (Å²) in [4.78, 5) is 13.4. The summed E-state index contributed by atoms with van der Waals surface area (Å²) in [6.45, 7) is 6.63. The number of nitrogens with one attached hydrogen (secondary N) is 2. The molecule has 4 heteroatoms. The summed E-state index contributed by atoms with van der Waals surface area (Å²) in [6, 6.07) is 7.86. The normalized spacial score (nSPS) is 10.2. The number of anilines is 1. The van der Waals surface area contributed by atoms with E-state index in [1.165, 1.54) is 5.56 Å². The predicted octanol–water partition coefficient (Wildman–Crippen LogP) is 2.67. The van der Waals surface area contributed by atoms with Gasteiger partial charge in [0.1, 0.15) is 0 Å². The number of amides is 2. The van der Waals surface area contributed by atoms with E-state index in [9.17, 15) is 4.79 Å². The lowest BCUT2D eigenvalue weighted by Crippen LogP contribution is -2.30. The van der Waals surface area contributed by atoms with Crippen molar-refractivity contribution in [2.45, 2.75) is 26.8 Å². The van der Waals surface area contributed by atoms with E-state index in [1.54, 1.807) is 11.9 Å². The molecule has 2 N–H and O–H groups in total. The van der Waals surface area contributed by atoms with Gasteiger partial charge in [0.15, 0.2) is 0 Å². The summed E-state index contributed by atoms with van der Waals surface area (Å²) in [5.41, 5.74) is 2.02. The number of nitrogens with zero attached hydrogens (tertiary/aromatic N) is 1. The monoisotopic (exact) mass is 249 g/mol. The minimum absolute atomic E-state index is 0.0730. The van der Waals surface area contributed by atoms with Crippen LogP contribution in [0.1, 0.15) is 25.8 Å². The molecule has 0 radical (unpaired) electrons. The molecule has 0 spiro atoms. The summed E-state index contributed by atoms with van der Waals surface area (Å²) in [5, 5.41) is 6.23. The van der Waals surface area contributed by atoms with Crippen molar-refractivity contribution in [3.8, 4) is 0 Å². The van der Waals surface area contributed by atoms with Crippen molar-refractivity contribution in [1.29, 1.82) is 0 Å². The van der Waals surface area contributed by atoms with Crippen LogP contribution in [0.2, 0.25) is 0 Å². The molecule has 1 aromatic carbocycles. The second-order valence-electron chi connectivity index (χ2n) is 4.32. The molecule has 0 aromatic heterocycles. The summed E-state index contributed by atoms with van der Waals surface area (Å²) in [5.74, 6) is 0. The zero-order valence-corrected chi connectivity index (χ0v) is 11.5. The van der Waals surface area contributed by atoms with Crippen LogP contribution in [0.15, 0.2) is 24.3 Å². The first-order valence-corrected chi connectivity index (χ1v) is 6.49. The minimum atomic E-state index is -0.0730. The lowest BCUT2D eigenvalue weighted by atomic mass is 10.2. The Bertz CT molecular complexity index is 379. The highest BCUT2D eigenvalue weighted by molar-refractivity contribution is 5.89. The number of carbonyl (C=O) groups is 1. The van der Waals surface area contributed by atoms with E-state index in [4.69, 9.17) is 0 Å². The van der Waals surface area contributed by atoms with Gasteiger partial charge in [-0.2, -0.15) is 0 Å². The largest absolute Gasteiger partial charge is 0.328 e. The topological polar surface area (TPSA) is 44.4 Å². The van der Waals surface area contributed by atoms with Crippen LogP contribution < -0.4 is 10.6 Å². The van der Waals surface area contributed by atoms with E-state index in [-0.39, 0.29) is 6.03 Å². The zero-order valence-electron chi connectivity index (χ0n) is 11.5. The third-order valence-electron chi connectivity index (χ3n) is 2.76. The van der Waals surface area contributed by atoms with Crippen LogP contribution in [0.3, 0.4) is 0 Å². The van der Waals surface area contributed by atoms with Crippen molar-refractivity contribution in [1.82, 2.24) is 10.2 Å². The van der Waals surface area contributed by atoms with Gasteiger partial charge < -0.3 is 15.5 Å².